The molecule has 1 fully saturated rings. The number of rotatable bonds is 3. The zero-order chi connectivity index (χ0) is 14.5. The van der Waals surface area contributed by atoms with Crippen molar-refractivity contribution < 1.29 is 14.5 Å². The van der Waals surface area contributed by atoms with E-state index in [0.29, 0.717) is 30.3 Å². The largest absolute Gasteiger partial charge is 0.332 e. The fourth-order valence-corrected chi connectivity index (χ4v) is 2.48. The number of benzene rings is 1. The van der Waals surface area contributed by atoms with Crippen molar-refractivity contribution in [3.63, 3.8) is 0 Å². The van der Waals surface area contributed by atoms with Crippen LogP contribution in [0.1, 0.15) is 6.92 Å². The highest BCUT2D eigenvalue weighted by molar-refractivity contribution is 6.33. The fourth-order valence-electron chi connectivity index (χ4n) is 2.30. The first kappa shape index (κ1) is 14.8. The van der Waals surface area contributed by atoms with Gasteiger partial charge in [0.15, 0.2) is 6.54 Å². The quantitative estimate of drug-likeness (QED) is 0.827. The lowest BCUT2D eigenvalue weighted by Gasteiger charge is -2.31. The average Bonchev–Trinajstić information content (AvgIpc) is 2.42. The van der Waals surface area contributed by atoms with Crippen LogP contribution in [0.4, 0.5) is 5.69 Å². The maximum atomic E-state index is 12.0. The van der Waals surface area contributed by atoms with Crippen LogP contribution in [0.25, 0.3) is 0 Å². The van der Waals surface area contributed by atoms with Crippen LogP contribution >= 0.6 is 11.6 Å². The Labute approximate surface area is 123 Å². The Balaban J connectivity index is 1.81. The maximum Gasteiger partial charge on any atom is 0.279 e. The second-order valence-corrected chi connectivity index (χ2v) is 5.37. The van der Waals surface area contributed by atoms with E-state index in [1.165, 1.54) is 4.90 Å². The summed E-state index contributed by atoms with van der Waals surface area (Å²) in [5, 5.41) is 3.36. The van der Waals surface area contributed by atoms with E-state index >= 15 is 0 Å². The lowest BCUT2D eigenvalue weighted by atomic mass is 10.3. The molecule has 2 rings (SSSR count). The molecule has 1 aliphatic heterocycles. The van der Waals surface area contributed by atoms with Crippen molar-refractivity contribution in [2.45, 2.75) is 6.92 Å². The molecule has 0 spiro atoms. The van der Waals surface area contributed by atoms with Crippen molar-refractivity contribution in [3.05, 3.63) is 29.3 Å². The number of piperazine rings is 1. The lowest BCUT2D eigenvalue weighted by molar-refractivity contribution is -0.895. The van der Waals surface area contributed by atoms with Crippen molar-refractivity contribution >= 4 is 29.1 Å². The first-order valence-electron chi connectivity index (χ1n) is 6.69. The van der Waals surface area contributed by atoms with E-state index in [9.17, 15) is 9.59 Å². The molecule has 2 amide bonds. The second-order valence-electron chi connectivity index (χ2n) is 4.96. The summed E-state index contributed by atoms with van der Waals surface area (Å²) in [6.45, 7) is 5.01. The minimum absolute atomic E-state index is 0.0515. The number of carbonyl (C=O) groups excluding carboxylic acids is 2. The van der Waals surface area contributed by atoms with Crippen LogP contribution < -0.4 is 10.2 Å². The van der Waals surface area contributed by atoms with Crippen LogP contribution in [0.3, 0.4) is 0 Å². The number of para-hydroxylation sites is 1. The van der Waals surface area contributed by atoms with Gasteiger partial charge >= 0.3 is 0 Å². The van der Waals surface area contributed by atoms with Crippen LogP contribution in [-0.2, 0) is 9.59 Å². The molecular formula is C14H19ClN3O2+. The fraction of sp³-hybridized carbons (Fsp3) is 0.429. The van der Waals surface area contributed by atoms with Gasteiger partial charge in [-0.25, -0.2) is 0 Å². The molecule has 1 aliphatic rings. The van der Waals surface area contributed by atoms with Crippen molar-refractivity contribution in [3.8, 4) is 0 Å². The van der Waals surface area contributed by atoms with Gasteiger partial charge in [-0.2, -0.15) is 0 Å². The monoisotopic (exact) mass is 296 g/mol. The van der Waals surface area contributed by atoms with Crippen LogP contribution in [-0.4, -0.2) is 49.4 Å². The summed E-state index contributed by atoms with van der Waals surface area (Å²) in [7, 11) is 0. The smallest absolute Gasteiger partial charge is 0.279 e. The Kier molecular flexibility index (Phi) is 4.98. The van der Waals surface area contributed by atoms with E-state index < -0.39 is 0 Å². The lowest BCUT2D eigenvalue weighted by Crippen LogP contribution is -3.15. The number of nitrogens with zero attached hydrogens (tertiary/aromatic N) is 1. The average molecular weight is 297 g/mol. The number of hydrogen-bond acceptors (Lipinski definition) is 2. The van der Waals surface area contributed by atoms with E-state index in [0.717, 1.165) is 13.1 Å². The molecule has 1 heterocycles. The van der Waals surface area contributed by atoms with Gasteiger partial charge in [-0.3, -0.25) is 9.59 Å². The first-order valence-corrected chi connectivity index (χ1v) is 7.07. The van der Waals surface area contributed by atoms with Gasteiger partial charge in [0.2, 0.25) is 5.91 Å². The summed E-state index contributed by atoms with van der Waals surface area (Å²) in [4.78, 5) is 26.2. The summed E-state index contributed by atoms with van der Waals surface area (Å²) in [6.07, 6.45) is 0. The van der Waals surface area contributed by atoms with Crippen LogP contribution in [0.5, 0.6) is 0 Å². The molecule has 108 valence electrons. The molecule has 0 bridgehead atoms. The van der Waals surface area contributed by atoms with Gasteiger partial charge in [-0.15, -0.1) is 0 Å². The van der Waals surface area contributed by atoms with Gasteiger partial charge in [-0.05, 0) is 12.1 Å². The van der Waals surface area contributed by atoms with E-state index in [-0.39, 0.29) is 11.8 Å². The molecule has 0 atom stereocenters. The molecule has 6 heteroatoms. The van der Waals surface area contributed by atoms with Crippen molar-refractivity contribution in [2.75, 3.05) is 38.0 Å². The summed E-state index contributed by atoms with van der Waals surface area (Å²) in [5.41, 5.74) is 0.640. The standard InChI is InChI=1S/C14H18ClN3O2/c1-11(19)18-8-6-17(7-9-18)10-14(20)16-13-5-3-2-4-12(13)15/h2-5H,6-10H2,1H3,(H,16,20)/p+1. The Morgan fingerprint density at radius 2 is 1.95 bits per heavy atom. The van der Waals surface area contributed by atoms with Gasteiger partial charge in [0.05, 0.1) is 36.9 Å². The number of quaternary nitrogens is 1. The molecule has 0 radical (unpaired) electrons. The Hall–Kier alpha value is -1.59. The summed E-state index contributed by atoms with van der Waals surface area (Å²) in [6, 6.07) is 7.18. The van der Waals surface area contributed by atoms with Crippen LogP contribution in [0.2, 0.25) is 5.02 Å². The van der Waals surface area contributed by atoms with Gasteiger partial charge in [0.1, 0.15) is 0 Å². The van der Waals surface area contributed by atoms with Crippen LogP contribution in [0, 0.1) is 0 Å². The number of nitrogens with one attached hydrogen (secondary N) is 2. The minimum atomic E-state index is -0.0515. The highest BCUT2D eigenvalue weighted by Crippen LogP contribution is 2.19. The molecular weight excluding hydrogens is 278 g/mol. The summed E-state index contributed by atoms with van der Waals surface area (Å²) >= 11 is 6.00. The predicted molar refractivity (Wildman–Crippen MR) is 77.9 cm³/mol. The van der Waals surface area contributed by atoms with Gasteiger partial charge in [0.25, 0.3) is 5.91 Å². The Morgan fingerprint density at radius 3 is 2.55 bits per heavy atom. The number of carbonyl (C=O) groups is 2. The maximum absolute atomic E-state index is 12.0. The van der Waals surface area contributed by atoms with Gasteiger partial charge < -0.3 is 15.1 Å². The molecule has 1 aromatic carbocycles. The normalized spacial score (nSPS) is 16.0. The molecule has 20 heavy (non-hydrogen) atoms. The zero-order valence-corrected chi connectivity index (χ0v) is 12.2. The second kappa shape index (κ2) is 6.72. The third-order valence-electron chi connectivity index (χ3n) is 3.47. The SMILES string of the molecule is CC(=O)N1CC[NH+](CC(=O)Nc2ccccc2Cl)CC1. The summed E-state index contributed by atoms with van der Waals surface area (Å²) in [5.74, 6) is 0.0499. The zero-order valence-electron chi connectivity index (χ0n) is 11.5. The third-order valence-corrected chi connectivity index (χ3v) is 3.80. The van der Waals surface area contributed by atoms with Crippen molar-refractivity contribution in [1.29, 1.82) is 0 Å². The molecule has 2 N–H and O–H groups in total. The molecule has 1 saturated heterocycles. The summed E-state index contributed by atoms with van der Waals surface area (Å²) < 4.78 is 0. The van der Waals surface area contributed by atoms with E-state index in [4.69, 9.17) is 11.6 Å². The van der Waals surface area contributed by atoms with E-state index in [2.05, 4.69) is 5.32 Å². The molecule has 0 aromatic heterocycles. The van der Waals surface area contributed by atoms with E-state index in [1.54, 1.807) is 19.1 Å². The number of hydrogen-bond donors (Lipinski definition) is 2. The van der Waals surface area contributed by atoms with Gasteiger partial charge in [-0.1, -0.05) is 23.7 Å². The number of anilines is 1. The van der Waals surface area contributed by atoms with E-state index in [1.807, 2.05) is 17.0 Å². The molecule has 1 aromatic rings. The topological polar surface area (TPSA) is 53.9 Å². The highest BCUT2D eigenvalue weighted by atomic mass is 35.5. The minimum Gasteiger partial charge on any atom is -0.332 e. The molecule has 0 aliphatic carbocycles. The first-order chi connectivity index (χ1) is 9.56. The van der Waals surface area contributed by atoms with Crippen molar-refractivity contribution in [2.24, 2.45) is 0 Å². The predicted octanol–water partition coefficient (Wildman–Crippen LogP) is 0.0255. The highest BCUT2D eigenvalue weighted by Gasteiger charge is 2.23. The molecule has 0 saturated carbocycles. The molecule has 5 nitrogen and oxygen atoms in total. The van der Waals surface area contributed by atoms with Crippen LogP contribution in [0.15, 0.2) is 24.3 Å². The molecule has 0 unspecified atom stereocenters. The number of halogens is 1. The van der Waals surface area contributed by atoms with Crippen molar-refractivity contribution in [1.82, 2.24) is 4.90 Å². The van der Waals surface area contributed by atoms with Gasteiger partial charge in [0, 0.05) is 6.92 Å². The number of amides is 2. The third kappa shape index (κ3) is 3.95. The Bertz CT molecular complexity index is 499. The Morgan fingerprint density at radius 1 is 1.30 bits per heavy atom.